The normalized spacial score (nSPS) is 11.5. The number of nitrogens with zero attached hydrogens (tertiary/aromatic N) is 2. The van der Waals surface area contributed by atoms with Crippen LogP contribution >= 0.6 is 24.8 Å². The van der Waals surface area contributed by atoms with Crippen LogP contribution in [0.25, 0.3) is 11.0 Å². The van der Waals surface area contributed by atoms with Gasteiger partial charge in [-0.3, -0.25) is 4.79 Å². The Morgan fingerprint density at radius 3 is 2.79 bits per heavy atom. The highest BCUT2D eigenvalue weighted by Gasteiger charge is 2.12. The van der Waals surface area contributed by atoms with Crippen LogP contribution in [-0.2, 0) is 23.0 Å². The average Bonchev–Trinajstić information content (AvgIpc) is 2.81. The van der Waals surface area contributed by atoms with E-state index in [1.165, 1.54) is 19.2 Å². The van der Waals surface area contributed by atoms with Crippen molar-refractivity contribution in [1.82, 2.24) is 14.9 Å². The Morgan fingerprint density at radius 2 is 2.17 bits per heavy atom. The van der Waals surface area contributed by atoms with E-state index in [9.17, 15) is 9.18 Å². The number of fused-ring (bicyclic) bond motifs is 1. The molecule has 136 valence electrons. The summed E-state index contributed by atoms with van der Waals surface area (Å²) in [6, 6.07) is 4.49. The third kappa shape index (κ3) is 5.59. The lowest BCUT2D eigenvalue weighted by Gasteiger charge is -2.12. The molecular weight excluding hydrogens is 358 g/mol. The molecule has 0 bridgehead atoms. The number of ether oxygens (including phenoxy) is 1. The summed E-state index contributed by atoms with van der Waals surface area (Å²) in [5, 5.41) is 2.81. The number of nitrogens with two attached hydrogens (primary N) is 1. The summed E-state index contributed by atoms with van der Waals surface area (Å²) >= 11 is 0. The molecule has 0 aliphatic carbocycles. The molecule has 2 aromatic rings. The van der Waals surface area contributed by atoms with Crippen LogP contribution in [0.1, 0.15) is 12.2 Å². The van der Waals surface area contributed by atoms with E-state index in [0.717, 1.165) is 16.9 Å². The van der Waals surface area contributed by atoms with E-state index in [2.05, 4.69) is 10.3 Å². The smallest absolute Gasteiger partial charge is 0.222 e. The zero-order valence-electron chi connectivity index (χ0n) is 13.6. The third-order valence-corrected chi connectivity index (χ3v) is 3.62. The van der Waals surface area contributed by atoms with Crippen molar-refractivity contribution < 1.29 is 13.9 Å². The number of amides is 1. The highest BCUT2D eigenvalue weighted by Crippen LogP contribution is 2.16. The van der Waals surface area contributed by atoms with E-state index < -0.39 is 0 Å². The quantitative estimate of drug-likeness (QED) is 0.763. The fourth-order valence-corrected chi connectivity index (χ4v) is 2.29. The molecule has 0 saturated carbocycles. The molecule has 1 unspecified atom stereocenters. The SMILES string of the molecule is COC(CN)CC(=O)NCCc1nc2ccc(F)cc2n1C.Cl.Cl. The van der Waals surface area contributed by atoms with Crippen molar-refractivity contribution in [3.63, 3.8) is 0 Å². The first kappa shape index (κ1) is 22.6. The first-order valence-electron chi connectivity index (χ1n) is 7.15. The van der Waals surface area contributed by atoms with Crippen LogP contribution < -0.4 is 11.1 Å². The van der Waals surface area contributed by atoms with Crippen molar-refractivity contribution in [2.75, 3.05) is 20.2 Å². The van der Waals surface area contributed by atoms with E-state index in [1.807, 2.05) is 11.6 Å². The molecule has 0 saturated heterocycles. The van der Waals surface area contributed by atoms with Gasteiger partial charge < -0.3 is 20.4 Å². The molecule has 1 aromatic carbocycles. The zero-order valence-corrected chi connectivity index (χ0v) is 15.3. The number of halogens is 3. The molecular formula is C15H23Cl2FN4O2. The van der Waals surface area contributed by atoms with E-state index in [1.54, 1.807) is 6.07 Å². The lowest BCUT2D eigenvalue weighted by molar-refractivity contribution is -0.123. The zero-order chi connectivity index (χ0) is 16.1. The molecule has 0 spiro atoms. The maximum Gasteiger partial charge on any atom is 0.222 e. The minimum Gasteiger partial charge on any atom is -0.380 e. The van der Waals surface area contributed by atoms with Crippen LogP contribution in [0.5, 0.6) is 0 Å². The van der Waals surface area contributed by atoms with E-state index in [4.69, 9.17) is 10.5 Å². The van der Waals surface area contributed by atoms with Gasteiger partial charge in [0.25, 0.3) is 0 Å². The van der Waals surface area contributed by atoms with Gasteiger partial charge in [0, 0.05) is 33.7 Å². The molecule has 9 heteroatoms. The first-order valence-corrected chi connectivity index (χ1v) is 7.15. The lowest BCUT2D eigenvalue weighted by Crippen LogP contribution is -2.33. The Hall–Kier alpha value is -1.41. The van der Waals surface area contributed by atoms with Crippen molar-refractivity contribution in [3.05, 3.63) is 29.8 Å². The van der Waals surface area contributed by atoms with Crippen LogP contribution in [0.15, 0.2) is 18.2 Å². The van der Waals surface area contributed by atoms with E-state index in [0.29, 0.717) is 19.5 Å². The molecule has 6 nitrogen and oxygen atoms in total. The fraction of sp³-hybridized carbons (Fsp3) is 0.467. The van der Waals surface area contributed by atoms with E-state index in [-0.39, 0.29) is 49.1 Å². The Labute approximate surface area is 152 Å². The van der Waals surface area contributed by atoms with E-state index >= 15 is 0 Å². The molecule has 1 amide bonds. The van der Waals surface area contributed by atoms with Crippen LogP contribution in [0.3, 0.4) is 0 Å². The van der Waals surface area contributed by atoms with Gasteiger partial charge in [0.1, 0.15) is 11.6 Å². The van der Waals surface area contributed by atoms with Crippen LogP contribution in [0.4, 0.5) is 4.39 Å². The number of carbonyl (C=O) groups excluding carboxylic acids is 1. The molecule has 0 aliphatic heterocycles. The molecule has 24 heavy (non-hydrogen) atoms. The van der Waals surface area contributed by atoms with Crippen LogP contribution in [-0.4, -0.2) is 41.8 Å². The summed E-state index contributed by atoms with van der Waals surface area (Å²) in [6.07, 6.45) is 0.540. The van der Waals surface area contributed by atoms with Crippen molar-refractivity contribution >= 4 is 41.8 Å². The maximum atomic E-state index is 13.3. The van der Waals surface area contributed by atoms with Crippen LogP contribution in [0, 0.1) is 5.82 Å². The fourth-order valence-electron chi connectivity index (χ4n) is 2.29. The summed E-state index contributed by atoms with van der Waals surface area (Å²) in [6.45, 7) is 0.764. The predicted molar refractivity (Wildman–Crippen MR) is 96.4 cm³/mol. The highest BCUT2D eigenvalue weighted by molar-refractivity contribution is 5.85. The summed E-state index contributed by atoms with van der Waals surface area (Å²) in [5.74, 6) is 0.396. The largest absolute Gasteiger partial charge is 0.380 e. The maximum absolute atomic E-state index is 13.3. The van der Waals surface area contributed by atoms with Crippen LogP contribution in [0.2, 0.25) is 0 Å². The summed E-state index contributed by atoms with van der Waals surface area (Å²) in [5.41, 5.74) is 6.96. The number of benzene rings is 1. The number of aryl methyl sites for hydroxylation is 1. The Morgan fingerprint density at radius 1 is 1.46 bits per heavy atom. The summed E-state index contributed by atoms with van der Waals surface area (Å²) in [4.78, 5) is 16.2. The number of aromatic nitrogens is 2. The number of hydrogen-bond donors (Lipinski definition) is 2. The number of methoxy groups -OCH3 is 1. The van der Waals surface area contributed by atoms with Gasteiger partial charge in [-0.1, -0.05) is 0 Å². The van der Waals surface area contributed by atoms with Gasteiger partial charge in [0.15, 0.2) is 0 Å². The third-order valence-electron chi connectivity index (χ3n) is 3.62. The van der Waals surface area contributed by atoms with Gasteiger partial charge in [-0.2, -0.15) is 0 Å². The molecule has 1 atom stereocenters. The summed E-state index contributed by atoms with van der Waals surface area (Å²) in [7, 11) is 3.37. The second-order valence-corrected chi connectivity index (χ2v) is 5.12. The van der Waals surface area contributed by atoms with Crippen molar-refractivity contribution in [2.24, 2.45) is 12.8 Å². The lowest BCUT2D eigenvalue weighted by atomic mass is 10.2. The molecule has 0 radical (unpaired) electrons. The van der Waals surface area contributed by atoms with Gasteiger partial charge in [0.2, 0.25) is 5.91 Å². The molecule has 0 aliphatic rings. The van der Waals surface area contributed by atoms with Crippen molar-refractivity contribution in [2.45, 2.75) is 18.9 Å². The van der Waals surface area contributed by atoms with Gasteiger partial charge in [0.05, 0.1) is 23.6 Å². The number of carbonyl (C=O) groups is 1. The standard InChI is InChI=1S/C15H21FN4O2.2ClH/c1-20-13-7-10(16)3-4-12(13)19-14(20)5-6-18-15(21)8-11(9-17)22-2;;/h3-4,7,11H,5-6,8-9,17H2,1-2H3,(H,18,21);2*1H. The monoisotopic (exact) mass is 380 g/mol. The molecule has 3 N–H and O–H groups in total. The predicted octanol–water partition coefficient (Wildman–Crippen LogP) is 1.58. The first-order chi connectivity index (χ1) is 10.5. The Kier molecular flexibility index (Phi) is 9.84. The minimum absolute atomic E-state index is 0. The number of nitrogens with one attached hydrogen (secondary N) is 1. The Balaban J connectivity index is 0.00000264. The minimum atomic E-state index is -0.289. The summed E-state index contributed by atoms with van der Waals surface area (Å²) < 4.78 is 20.2. The topological polar surface area (TPSA) is 82.2 Å². The Bertz CT molecular complexity index is 662. The number of hydrogen-bond acceptors (Lipinski definition) is 4. The molecule has 2 rings (SSSR count). The van der Waals surface area contributed by atoms with Gasteiger partial charge in [-0.05, 0) is 18.2 Å². The van der Waals surface area contributed by atoms with Crippen molar-refractivity contribution in [1.29, 1.82) is 0 Å². The second-order valence-electron chi connectivity index (χ2n) is 5.12. The average molecular weight is 381 g/mol. The highest BCUT2D eigenvalue weighted by atomic mass is 35.5. The molecule has 1 aromatic heterocycles. The van der Waals surface area contributed by atoms with Gasteiger partial charge in [-0.15, -0.1) is 24.8 Å². The second kappa shape index (κ2) is 10.5. The molecule has 1 heterocycles. The van der Waals surface area contributed by atoms with Crippen molar-refractivity contribution in [3.8, 4) is 0 Å². The number of imidazole rings is 1. The van der Waals surface area contributed by atoms with Gasteiger partial charge in [-0.25, -0.2) is 9.37 Å². The van der Waals surface area contributed by atoms with Gasteiger partial charge >= 0.3 is 0 Å². The molecule has 0 fully saturated rings. The number of rotatable bonds is 7.